The summed E-state index contributed by atoms with van der Waals surface area (Å²) in [5.74, 6) is 0.395. The van der Waals surface area contributed by atoms with Crippen molar-refractivity contribution in [2.24, 2.45) is 0 Å². The lowest BCUT2D eigenvalue weighted by molar-refractivity contribution is -0.127. The summed E-state index contributed by atoms with van der Waals surface area (Å²) in [4.78, 5) is 18.7. The first-order chi connectivity index (χ1) is 7.95. The lowest BCUT2D eigenvalue weighted by Gasteiger charge is -2.20. The minimum atomic E-state index is -0.0602. The van der Waals surface area contributed by atoms with Crippen LogP contribution in [0.1, 0.15) is 5.56 Å². The van der Waals surface area contributed by atoms with Crippen molar-refractivity contribution in [3.8, 4) is 6.07 Å². The van der Waals surface area contributed by atoms with E-state index in [1.54, 1.807) is 32.1 Å². The fourth-order valence-electron chi connectivity index (χ4n) is 1.28. The number of nitrogen functional groups attached to an aromatic ring is 1. The molecule has 0 atom stereocenters. The summed E-state index contributed by atoms with van der Waals surface area (Å²) in [6.07, 6.45) is 1.47. The predicted molar refractivity (Wildman–Crippen MR) is 65.3 cm³/mol. The van der Waals surface area contributed by atoms with Gasteiger partial charge in [0.25, 0.3) is 0 Å². The maximum atomic E-state index is 11.5. The Bertz CT molecular complexity index is 463. The van der Waals surface area contributed by atoms with Gasteiger partial charge in [-0.05, 0) is 6.07 Å². The molecule has 0 aliphatic carbocycles. The molecule has 90 valence electrons. The van der Waals surface area contributed by atoms with E-state index in [9.17, 15) is 4.79 Å². The highest BCUT2D eigenvalue weighted by Crippen LogP contribution is 2.17. The number of nitriles is 1. The molecule has 6 heteroatoms. The van der Waals surface area contributed by atoms with Gasteiger partial charge >= 0.3 is 0 Å². The molecule has 0 spiro atoms. The number of carbonyl (C=O) groups excluding carboxylic acids is 1. The summed E-state index contributed by atoms with van der Waals surface area (Å²) in [7, 11) is 5.07. The second kappa shape index (κ2) is 5.16. The number of hydrogen-bond acceptors (Lipinski definition) is 5. The van der Waals surface area contributed by atoms with E-state index in [1.807, 2.05) is 6.07 Å². The molecule has 0 aromatic carbocycles. The highest BCUT2D eigenvalue weighted by molar-refractivity contribution is 5.81. The van der Waals surface area contributed by atoms with Crippen molar-refractivity contribution in [2.45, 2.75) is 0 Å². The zero-order chi connectivity index (χ0) is 13.0. The molecule has 6 nitrogen and oxygen atoms in total. The Labute approximate surface area is 100 Å². The lowest BCUT2D eigenvalue weighted by Crippen LogP contribution is -2.35. The second-order valence-corrected chi connectivity index (χ2v) is 3.90. The third kappa shape index (κ3) is 3.08. The number of nitrogens with two attached hydrogens (primary N) is 1. The van der Waals surface area contributed by atoms with Gasteiger partial charge in [-0.3, -0.25) is 4.79 Å². The summed E-state index contributed by atoms with van der Waals surface area (Å²) >= 11 is 0. The minimum Gasteiger partial charge on any atom is -0.397 e. The summed E-state index contributed by atoms with van der Waals surface area (Å²) in [6.45, 7) is 0.165. The van der Waals surface area contributed by atoms with Crippen molar-refractivity contribution in [3.05, 3.63) is 17.8 Å². The van der Waals surface area contributed by atoms with E-state index in [2.05, 4.69) is 4.98 Å². The van der Waals surface area contributed by atoms with Gasteiger partial charge in [0.05, 0.1) is 24.0 Å². The van der Waals surface area contributed by atoms with Gasteiger partial charge in [0.2, 0.25) is 5.91 Å². The van der Waals surface area contributed by atoms with Crippen LogP contribution in [0.4, 0.5) is 11.5 Å². The number of anilines is 2. The molecule has 2 N–H and O–H groups in total. The summed E-state index contributed by atoms with van der Waals surface area (Å²) in [5.41, 5.74) is 6.33. The van der Waals surface area contributed by atoms with Crippen LogP contribution in [-0.2, 0) is 4.79 Å². The Morgan fingerprint density at radius 2 is 2.18 bits per heavy atom. The monoisotopic (exact) mass is 233 g/mol. The molecular weight excluding hydrogens is 218 g/mol. The lowest BCUT2D eigenvalue weighted by atomic mass is 10.2. The van der Waals surface area contributed by atoms with Crippen LogP contribution in [0.25, 0.3) is 0 Å². The van der Waals surface area contributed by atoms with Crippen LogP contribution in [0.5, 0.6) is 0 Å². The Kier molecular flexibility index (Phi) is 3.88. The van der Waals surface area contributed by atoms with Crippen LogP contribution in [-0.4, -0.2) is 43.5 Å². The van der Waals surface area contributed by atoms with Gasteiger partial charge in [0.1, 0.15) is 11.9 Å². The van der Waals surface area contributed by atoms with Crippen LogP contribution in [0, 0.1) is 11.3 Å². The zero-order valence-corrected chi connectivity index (χ0v) is 10.1. The third-order valence-corrected chi connectivity index (χ3v) is 2.24. The van der Waals surface area contributed by atoms with Gasteiger partial charge in [-0.1, -0.05) is 0 Å². The number of likely N-dealkylation sites (N-methyl/N-ethyl adjacent to an activating group) is 2. The van der Waals surface area contributed by atoms with Crippen LogP contribution < -0.4 is 10.6 Å². The van der Waals surface area contributed by atoms with Crippen LogP contribution in [0.3, 0.4) is 0 Å². The highest BCUT2D eigenvalue weighted by atomic mass is 16.2. The van der Waals surface area contributed by atoms with E-state index in [-0.39, 0.29) is 12.5 Å². The van der Waals surface area contributed by atoms with Crippen molar-refractivity contribution in [2.75, 3.05) is 38.3 Å². The first-order valence-corrected chi connectivity index (χ1v) is 5.02. The molecular formula is C11H15N5O. The molecule has 0 radical (unpaired) electrons. The molecule has 0 unspecified atom stereocenters. The number of aromatic nitrogens is 1. The van der Waals surface area contributed by atoms with E-state index >= 15 is 0 Å². The van der Waals surface area contributed by atoms with Gasteiger partial charge in [-0.25, -0.2) is 4.98 Å². The Hall–Kier alpha value is -2.29. The van der Waals surface area contributed by atoms with Crippen molar-refractivity contribution in [3.63, 3.8) is 0 Å². The first kappa shape index (κ1) is 12.8. The van der Waals surface area contributed by atoms with Gasteiger partial charge in [-0.2, -0.15) is 5.26 Å². The van der Waals surface area contributed by atoms with Crippen molar-refractivity contribution in [1.29, 1.82) is 5.26 Å². The molecule has 1 aromatic heterocycles. The highest BCUT2D eigenvalue weighted by Gasteiger charge is 2.13. The average Bonchev–Trinajstić information content (AvgIpc) is 2.28. The molecule has 1 heterocycles. The maximum Gasteiger partial charge on any atom is 0.241 e. The van der Waals surface area contributed by atoms with Crippen LogP contribution in [0.15, 0.2) is 12.3 Å². The summed E-state index contributed by atoms with van der Waals surface area (Å²) < 4.78 is 0. The Balaban J connectivity index is 2.93. The molecule has 1 aromatic rings. The molecule has 1 rings (SSSR count). The first-order valence-electron chi connectivity index (χ1n) is 5.02. The van der Waals surface area contributed by atoms with Gasteiger partial charge in [0, 0.05) is 21.1 Å². The van der Waals surface area contributed by atoms with Gasteiger partial charge in [-0.15, -0.1) is 0 Å². The van der Waals surface area contributed by atoms with E-state index in [4.69, 9.17) is 11.0 Å². The Morgan fingerprint density at radius 3 is 2.71 bits per heavy atom. The number of nitrogens with zero attached hydrogens (tertiary/aromatic N) is 4. The largest absolute Gasteiger partial charge is 0.397 e. The molecule has 0 aliphatic rings. The van der Waals surface area contributed by atoms with Crippen LogP contribution in [0.2, 0.25) is 0 Å². The summed E-state index contributed by atoms with van der Waals surface area (Å²) in [6, 6.07) is 3.55. The quantitative estimate of drug-likeness (QED) is 0.797. The van der Waals surface area contributed by atoms with Crippen molar-refractivity contribution in [1.82, 2.24) is 9.88 Å². The van der Waals surface area contributed by atoms with E-state index < -0.39 is 0 Å². The normalized spacial score (nSPS) is 9.53. The van der Waals surface area contributed by atoms with Crippen LogP contribution >= 0.6 is 0 Å². The topological polar surface area (TPSA) is 86.2 Å². The summed E-state index contributed by atoms with van der Waals surface area (Å²) in [5, 5.41) is 8.97. The minimum absolute atomic E-state index is 0.0602. The second-order valence-electron chi connectivity index (χ2n) is 3.90. The number of amides is 1. The number of pyridine rings is 1. The molecule has 0 bridgehead atoms. The smallest absolute Gasteiger partial charge is 0.241 e. The predicted octanol–water partition coefficient (Wildman–Crippen LogP) is 0.0599. The Morgan fingerprint density at radius 1 is 1.53 bits per heavy atom. The zero-order valence-electron chi connectivity index (χ0n) is 10.1. The van der Waals surface area contributed by atoms with E-state index in [0.717, 1.165) is 0 Å². The van der Waals surface area contributed by atoms with Crippen molar-refractivity contribution >= 4 is 17.4 Å². The fourth-order valence-corrected chi connectivity index (χ4v) is 1.28. The molecule has 1 amide bonds. The maximum absolute atomic E-state index is 11.5. The van der Waals surface area contributed by atoms with Gasteiger partial charge in [0.15, 0.2) is 0 Å². The number of rotatable bonds is 3. The average molecular weight is 233 g/mol. The van der Waals surface area contributed by atoms with E-state index in [1.165, 1.54) is 11.1 Å². The number of carbonyl (C=O) groups is 1. The van der Waals surface area contributed by atoms with E-state index in [0.29, 0.717) is 17.1 Å². The van der Waals surface area contributed by atoms with Gasteiger partial charge < -0.3 is 15.5 Å². The molecule has 0 aliphatic heterocycles. The SMILES string of the molecule is CN(C)C(=O)CN(C)c1ncc(N)cc1C#N. The fraction of sp³-hybridized carbons (Fsp3) is 0.364. The molecule has 0 saturated heterocycles. The molecule has 17 heavy (non-hydrogen) atoms. The van der Waals surface area contributed by atoms with Crippen molar-refractivity contribution < 1.29 is 4.79 Å². The number of hydrogen-bond donors (Lipinski definition) is 1. The third-order valence-electron chi connectivity index (χ3n) is 2.24. The standard InChI is InChI=1S/C11H15N5O/c1-15(2)10(17)7-16(3)11-8(5-12)4-9(13)6-14-11/h4,6H,7,13H2,1-3H3. The molecule has 0 saturated carbocycles. The molecule has 0 fully saturated rings.